The minimum atomic E-state index is -0.373. The number of likely N-dealkylation sites (N-methyl/N-ethyl adjacent to an activating group) is 1. The minimum absolute atomic E-state index is 0.0328. The zero-order valence-corrected chi connectivity index (χ0v) is 18.2. The number of fused-ring (bicyclic) bond motifs is 1. The minimum Gasteiger partial charge on any atom is -0.486 e. The van der Waals surface area contributed by atoms with Crippen LogP contribution < -0.4 is 19.7 Å². The Balaban J connectivity index is 1.54. The van der Waals surface area contributed by atoms with Gasteiger partial charge in [-0.05, 0) is 43.2 Å². The fraction of sp³-hybridized carbons (Fsp3) is 0.269. The van der Waals surface area contributed by atoms with E-state index in [2.05, 4.69) is 11.4 Å². The predicted molar refractivity (Wildman–Crippen MR) is 122 cm³/mol. The van der Waals surface area contributed by atoms with Crippen molar-refractivity contribution in [2.45, 2.75) is 26.0 Å². The highest BCUT2D eigenvalue weighted by molar-refractivity contribution is 5.95. The molecule has 3 aromatic rings. The molecule has 5 heteroatoms. The highest BCUT2D eigenvalue weighted by atomic mass is 16.6. The summed E-state index contributed by atoms with van der Waals surface area (Å²) >= 11 is 0. The molecule has 2 N–H and O–H groups in total. The Kier molecular flexibility index (Phi) is 6.23. The number of para-hydroxylation sites is 2. The number of nitrogens with one attached hydrogen (secondary N) is 2. The lowest BCUT2D eigenvalue weighted by molar-refractivity contribution is -0.904. The number of rotatable bonds is 6. The van der Waals surface area contributed by atoms with E-state index in [1.54, 1.807) is 0 Å². The highest BCUT2D eigenvalue weighted by Gasteiger charge is 2.33. The maximum absolute atomic E-state index is 13.5. The molecule has 0 bridgehead atoms. The molecule has 0 fully saturated rings. The fourth-order valence-corrected chi connectivity index (χ4v) is 4.02. The summed E-state index contributed by atoms with van der Waals surface area (Å²) < 4.78 is 12.0. The third-order valence-electron chi connectivity index (χ3n) is 5.66. The Hall–Kier alpha value is -3.31. The third-order valence-corrected chi connectivity index (χ3v) is 5.66. The van der Waals surface area contributed by atoms with Gasteiger partial charge in [0.2, 0.25) is 0 Å². The summed E-state index contributed by atoms with van der Waals surface area (Å²) in [6.45, 7) is 5.13. The van der Waals surface area contributed by atoms with E-state index in [9.17, 15) is 4.79 Å². The first-order valence-corrected chi connectivity index (χ1v) is 10.6. The Bertz CT molecular complexity index is 1050. The normalized spacial score (nSPS) is 16.9. The molecule has 0 spiro atoms. The Morgan fingerprint density at radius 1 is 1.03 bits per heavy atom. The average Bonchev–Trinajstić information content (AvgIpc) is 2.77. The third kappa shape index (κ3) is 4.89. The molecule has 0 aliphatic carbocycles. The molecule has 160 valence electrons. The van der Waals surface area contributed by atoms with Crippen molar-refractivity contribution in [1.29, 1.82) is 0 Å². The standard InChI is InChI=1S/C26H28N2O3/c1-18-13-14-19(2)22(15-18)27-26(29)25(20-9-5-4-6-10-20)28(3)16-21-17-30-23-11-7-8-12-24(23)31-21/h4-15,21,25H,16-17H2,1-3H3,(H,27,29)/p+1/t21-,25+/m1/s1. The monoisotopic (exact) mass is 417 g/mol. The molecule has 1 unspecified atom stereocenters. The fourth-order valence-electron chi connectivity index (χ4n) is 4.02. The zero-order chi connectivity index (χ0) is 21.8. The SMILES string of the molecule is Cc1ccc(C)c(NC(=O)[C@H](c2ccccc2)[NH+](C)C[C@@H]2COc3ccccc3O2)c1. The molecule has 0 aromatic heterocycles. The van der Waals surface area contributed by atoms with Crippen LogP contribution in [-0.2, 0) is 4.79 Å². The second-order valence-corrected chi connectivity index (χ2v) is 8.20. The summed E-state index contributed by atoms with van der Waals surface area (Å²) in [6.07, 6.45) is -0.130. The zero-order valence-electron chi connectivity index (χ0n) is 18.2. The summed E-state index contributed by atoms with van der Waals surface area (Å²) in [5.41, 5.74) is 3.98. The first-order valence-electron chi connectivity index (χ1n) is 10.6. The molecular formula is C26H29N2O3+. The number of carbonyl (C=O) groups is 1. The van der Waals surface area contributed by atoms with Crippen molar-refractivity contribution in [2.24, 2.45) is 0 Å². The number of carbonyl (C=O) groups excluding carboxylic acids is 1. The lowest BCUT2D eigenvalue weighted by Gasteiger charge is -2.31. The van der Waals surface area contributed by atoms with E-state index >= 15 is 0 Å². The Morgan fingerprint density at radius 2 is 1.74 bits per heavy atom. The topological polar surface area (TPSA) is 52.0 Å². The molecule has 31 heavy (non-hydrogen) atoms. The predicted octanol–water partition coefficient (Wildman–Crippen LogP) is 3.34. The van der Waals surface area contributed by atoms with E-state index in [1.165, 1.54) is 0 Å². The largest absolute Gasteiger partial charge is 0.486 e. The summed E-state index contributed by atoms with van der Waals surface area (Å²) in [4.78, 5) is 14.5. The number of hydrogen-bond acceptors (Lipinski definition) is 3. The van der Waals surface area contributed by atoms with Gasteiger partial charge in [0, 0.05) is 11.3 Å². The Morgan fingerprint density at radius 3 is 2.52 bits per heavy atom. The molecule has 1 heterocycles. The quantitative estimate of drug-likeness (QED) is 0.647. The van der Waals surface area contributed by atoms with Gasteiger partial charge in [0.15, 0.2) is 23.6 Å². The van der Waals surface area contributed by atoms with Crippen LogP contribution >= 0.6 is 0 Å². The van der Waals surface area contributed by atoms with Crippen LogP contribution in [0.15, 0.2) is 72.8 Å². The lowest BCUT2D eigenvalue weighted by atomic mass is 10.0. The van der Waals surface area contributed by atoms with Gasteiger partial charge in [0.25, 0.3) is 5.91 Å². The van der Waals surface area contributed by atoms with Crippen LogP contribution in [0.4, 0.5) is 5.69 Å². The van der Waals surface area contributed by atoms with Gasteiger partial charge < -0.3 is 19.7 Å². The summed E-state index contributed by atoms with van der Waals surface area (Å²) in [5, 5.41) is 3.15. The first-order chi connectivity index (χ1) is 15.0. The van der Waals surface area contributed by atoms with Gasteiger partial charge in [0.05, 0.1) is 7.05 Å². The van der Waals surface area contributed by atoms with Crippen molar-refractivity contribution in [2.75, 3.05) is 25.5 Å². The van der Waals surface area contributed by atoms with Crippen LogP contribution in [0.25, 0.3) is 0 Å². The number of anilines is 1. The van der Waals surface area contributed by atoms with Crippen molar-refractivity contribution < 1.29 is 19.2 Å². The maximum Gasteiger partial charge on any atom is 0.287 e. The molecule has 5 nitrogen and oxygen atoms in total. The van der Waals surface area contributed by atoms with Gasteiger partial charge in [0.1, 0.15) is 13.2 Å². The Labute approximate surface area is 183 Å². The van der Waals surface area contributed by atoms with Crippen LogP contribution in [0.1, 0.15) is 22.7 Å². The van der Waals surface area contributed by atoms with E-state index < -0.39 is 0 Å². The number of benzene rings is 3. The van der Waals surface area contributed by atoms with Crippen LogP contribution in [0.3, 0.4) is 0 Å². The number of hydrogen-bond donors (Lipinski definition) is 2. The average molecular weight is 418 g/mol. The first kappa shape index (κ1) is 20.9. The second-order valence-electron chi connectivity index (χ2n) is 8.20. The van der Waals surface area contributed by atoms with E-state index in [1.807, 2.05) is 87.6 Å². The van der Waals surface area contributed by atoms with Gasteiger partial charge in [-0.15, -0.1) is 0 Å². The molecule has 0 saturated carbocycles. The smallest absolute Gasteiger partial charge is 0.287 e. The van der Waals surface area contributed by atoms with Gasteiger partial charge in [-0.25, -0.2) is 0 Å². The number of aryl methyl sites for hydroxylation is 2. The molecule has 1 aliphatic rings. The van der Waals surface area contributed by atoms with Crippen molar-refractivity contribution in [3.05, 3.63) is 89.5 Å². The molecule has 4 rings (SSSR count). The van der Waals surface area contributed by atoms with E-state index in [0.717, 1.165) is 38.8 Å². The lowest BCUT2D eigenvalue weighted by Crippen LogP contribution is -3.12. The van der Waals surface area contributed by atoms with E-state index in [0.29, 0.717) is 13.2 Å². The summed E-state index contributed by atoms with van der Waals surface area (Å²) in [5.74, 6) is 1.49. The molecular weight excluding hydrogens is 388 g/mol. The van der Waals surface area contributed by atoms with Gasteiger partial charge in [-0.1, -0.05) is 54.6 Å². The number of quaternary nitrogens is 1. The van der Waals surface area contributed by atoms with Crippen molar-refractivity contribution in [1.82, 2.24) is 0 Å². The molecule has 3 atom stereocenters. The van der Waals surface area contributed by atoms with Crippen LogP contribution in [0, 0.1) is 13.8 Å². The second kappa shape index (κ2) is 9.23. The van der Waals surface area contributed by atoms with Crippen molar-refractivity contribution >= 4 is 11.6 Å². The van der Waals surface area contributed by atoms with E-state index in [-0.39, 0.29) is 18.1 Å². The highest BCUT2D eigenvalue weighted by Crippen LogP contribution is 2.30. The van der Waals surface area contributed by atoms with Crippen LogP contribution in [0.5, 0.6) is 11.5 Å². The summed E-state index contributed by atoms with van der Waals surface area (Å²) in [6, 6.07) is 23.3. The number of amides is 1. The molecule has 0 radical (unpaired) electrons. The maximum atomic E-state index is 13.5. The van der Waals surface area contributed by atoms with Crippen molar-refractivity contribution in [3.8, 4) is 11.5 Å². The van der Waals surface area contributed by atoms with E-state index in [4.69, 9.17) is 9.47 Å². The number of ether oxygens (including phenoxy) is 2. The molecule has 1 aliphatic heterocycles. The van der Waals surface area contributed by atoms with Crippen molar-refractivity contribution in [3.63, 3.8) is 0 Å². The molecule has 3 aromatic carbocycles. The van der Waals surface area contributed by atoms with Crippen LogP contribution in [0.2, 0.25) is 0 Å². The molecule has 0 saturated heterocycles. The van der Waals surface area contributed by atoms with Crippen LogP contribution in [-0.4, -0.2) is 32.2 Å². The van der Waals surface area contributed by atoms with Gasteiger partial charge >= 0.3 is 0 Å². The van der Waals surface area contributed by atoms with Gasteiger partial charge in [-0.3, -0.25) is 4.79 Å². The van der Waals surface area contributed by atoms with Gasteiger partial charge in [-0.2, -0.15) is 0 Å². The summed E-state index contributed by atoms with van der Waals surface area (Å²) in [7, 11) is 2.03. The molecule has 1 amide bonds.